The highest BCUT2D eigenvalue weighted by Crippen LogP contribution is 2.20. The van der Waals surface area contributed by atoms with Crippen LogP contribution in [0, 0.1) is 0 Å². The normalized spacial score (nSPS) is 16.7. The van der Waals surface area contributed by atoms with Gasteiger partial charge in [0.2, 0.25) is 0 Å². The Hall–Kier alpha value is -1.67. The van der Waals surface area contributed by atoms with E-state index in [4.69, 9.17) is 9.52 Å². The molecule has 2 aromatic heterocycles. The van der Waals surface area contributed by atoms with Crippen molar-refractivity contribution in [3.63, 3.8) is 0 Å². The average Bonchev–Trinajstić information content (AvgIpc) is 3.12. The van der Waals surface area contributed by atoms with Gasteiger partial charge < -0.3 is 19.5 Å². The summed E-state index contributed by atoms with van der Waals surface area (Å²) in [4.78, 5) is 4.23. The molecule has 2 aromatic rings. The van der Waals surface area contributed by atoms with Gasteiger partial charge >= 0.3 is 0 Å². The van der Waals surface area contributed by atoms with E-state index in [-0.39, 0.29) is 6.61 Å². The van der Waals surface area contributed by atoms with Crippen molar-refractivity contribution < 1.29 is 14.6 Å². The first kappa shape index (κ1) is 16.2. The highest BCUT2D eigenvalue weighted by molar-refractivity contribution is 5.15. The van der Waals surface area contributed by atoms with Gasteiger partial charge in [-0.25, -0.2) is 0 Å². The van der Waals surface area contributed by atoms with Gasteiger partial charge in [-0.15, -0.1) is 0 Å². The Morgan fingerprint density at radius 2 is 2.09 bits per heavy atom. The molecule has 1 unspecified atom stereocenters. The van der Waals surface area contributed by atoms with Gasteiger partial charge in [0.05, 0.1) is 24.5 Å². The molecule has 1 aliphatic rings. The zero-order valence-corrected chi connectivity index (χ0v) is 13.6. The number of hydrogen-bond acceptors (Lipinski definition) is 6. The first-order valence-corrected chi connectivity index (χ1v) is 7.85. The Labute approximate surface area is 135 Å². The van der Waals surface area contributed by atoms with Crippen molar-refractivity contribution >= 4 is 0 Å². The molecule has 0 aromatic carbocycles. The quantitative estimate of drug-likeness (QED) is 0.811. The van der Waals surface area contributed by atoms with Crippen LogP contribution in [0.2, 0.25) is 0 Å². The van der Waals surface area contributed by atoms with E-state index in [0.29, 0.717) is 18.8 Å². The van der Waals surface area contributed by atoms with Gasteiger partial charge in [-0.1, -0.05) is 0 Å². The van der Waals surface area contributed by atoms with Gasteiger partial charge in [0.25, 0.3) is 0 Å². The maximum Gasteiger partial charge on any atom is 0.129 e. The molecule has 126 valence electrons. The SMILES string of the molecule is CN(C)CC(O)c1cc2n(n1)CCN(Cc1ccc(CO)o1)C2. The Morgan fingerprint density at radius 3 is 2.78 bits per heavy atom. The van der Waals surface area contributed by atoms with Crippen molar-refractivity contribution in [2.45, 2.75) is 32.3 Å². The molecular weight excluding hydrogens is 296 g/mol. The molecule has 3 heterocycles. The number of aromatic nitrogens is 2. The second kappa shape index (κ2) is 6.84. The molecule has 0 fully saturated rings. The topological polar surface area (TPSA) is 77.9 Å². The van der Waals surface area contributed by atoms with Crippen LogP contribution in [0.4, 0.5) is 0 Å². The number of nitrogens with zero attached hydrogens (tertiary/aromatic N) is 4. The summed E-state index contributed by atoms with van der Waals surface area (Å²) in [6, 6.07) is 5.70. The second-order valence-corrected chi connectivity index (χ2v) is 6.30. The smallest absolute Gasteiger partial charge is 0.129 e. The lowest BCUT2D eigenvalue weighted by Gasteiger charge is -2.26. The highest BCUT2D eigenvalue weighted by Gasteiger charge is 2.22. The molecule has 3 rings (SSSR count). The van der Waals surface area contributed by atoms with Crippen molar-refractivity contribution in [2.24, 2.45) is 0 Å². The maximum absolute atomic E-state index is 10.2. The Bertz CT molecular complexity index is 650. The Morgan fingerprint density at radius 1 is 1.30 bits per heavy atom. The Balaban J connectivity index is 1.65. The van der Waals surface area contributed by atoms with Gasteiger partial charge in [-0.3, -0.25) is 9.58 Å². The van der Waals surface area contributed by atoms with E-state index in [0.717, 1.165) is 36.8 Å². The minimum Gasteiger partial charge on any atom is -0.462 e. The maximum atomic E-state index is 10.2. The fourth-order valence-electron chi connectivity index (χ4n) is 2.89. The largest absolute Gasteiger partial charge is 0.462 e. The highest BCUT2D eigenvalue weighted by atomic mass is 16.4. The molecule has 1 aliphatic heterocycles. The van der Waals surface area contributed by atoms with Gasteiger partial charge in [0, 0.05) is 19.6 Å². The first-order valence-electron chi connectivity index (χ1n) is 7.85. The van der Waals surface area contributed by atoms with Crippen LogP contribution in [-0.2, 0) is 26.2 Å². The van der Waals surface area contributed by atoms with Crippen LogP contribution in [0.3, 0.4) is 0 Å². The van der Waals surface area contributed by atoms with E-state index in [2.05, 4.69) is 10.00 Å². The van der Waals surface area contributed by atoms with Gasteiger partial charge in [0.1, 0.15) is 24.2 Å². The monoisotopic (exact) mass is 320 g/mol. The van der Waals surface area contributed by atoms with E-state index >= 15 is 0 Å². The number of hydrogen-bond donors (Lipinski definition) is 2. The number of aliphatic hydroxyl groups is 2. The van der Waals surface area contributed by atoms with Crippen molar-refractivity contribution in [1.29, 1.82) is 0 Å². The predicted molar refractivity (Wildman–Crippen MR) is 84.5 cm³/mol. The summed E-state index contributed by atoms with van der Waals surface area (Å²) < 4.78 is 7.53. The van der Waals surface area contributed by atoms with Gasteiger partial charge in [0.15, 0.2) is 0 Å². The van der Waals surface area contributed by atoms with Crippen LogP contribution in [0.5, 0.6) is 0 Å². The van der Waals surface area contributed by atoms with Crippen LogP contribution in [0.25, 0.3) is 0 Å². The molecule has 0 saturated heterocycles. The minimum atomic E-state index is -0.561. The molecule has 0 radical (unpaired) electrons. The molecule has 0 bridgehead atoms. The van der Waals surface area contributed by atoms with Crippen LogP contribution in [-0.4, -0.2) is 57.0 Å². The van der Waals surface area contributed by atoms with E-state index in [1.54, 1.807) is 6.07 Å². The Kier molecular flexibility index (Phi) is 4.82. The van der Waals surface area contributed by atoms with Gasteiger partial charge in [-0.2, -0.15) is 5.10 Å². The summed E-state index contributed by atoms with van der Waals surface area (Å²) in [5.41, 5.74) is 1.84. The number of likely N-dealkylation sites (N-methyl/N-ethyl adjacent to an activating group) is 1. The lowest BCUT2D eigenvalue weighted by molar-refractivity contribution is 0.133. The molecule has 2 N–H and O–H groups in total. The summed E-state index contributed by atoms with van der Waals surface area (Å²) >= 11 is 0. The van der Waals surface area contributed by atoms with Crippen molar-refractivity contribution in [2.75, 3.05) is 27.2 Å². The third kappa shape index (κ3) is 3.81. The van der Waals surface area contributed by atoms with Crippen molar-refractivity contribution in [1.82, 2.24) is 19.6 Å². The van der Waals surface area contributed by atoms with Crippen LogP contribution in [0.1, 0.15) is 29.0 Å². The third-order valence-electron chi connectivity index (χ3n) is 4.03. The molecule has 0 amide bonds. The van der Waals surface area contributed by atoms with Gasteiger partial charge in [-0.05, 0) is 32.3 Å². The number of fused-ring (bicyclic) bond motifs is 1. The standard InChI is InChI=1S/C16H24N4O3/c1-18(2)10-16(22)15-7-12-8-19(5-6-20(12)17-15)9-13-3-4-14(11-21)23-13/h3-4,7,16,21-22H,5-6,8-11H2,1-2H3. The van der Waals surface area contributed by atoms with Crippen molar-refractivity contribution in [3.05, 3.63) is 41.1 Å². The van der Waals surface area contributed by atoms with Crippen LogP contribution >= 0.6 is 0 Å². The zero-order valence-electron chi connectivity index (χ0n) is 13.6. The lowest BCUT2D eigenvalue weighted by Crippen LogP contribution is -2.33. The molecular formula is C16H24N4O3. The lowest BCUT2D eigenvalue weighted by atomic mass is 10.2. The first-order chi connectivity index (χ1) is 11.0. The molecule has 7 heteroatoms. The summed E-state index contributed by atoms with van der Waals surface area (Å²) in [6.07, 6.45) is -0.561. The van der Waals surface area contributed by atoms with Crippen LogP contribution in [0.15, 0.2) is 22.6 Å². The zero-order chi connectivity index (χ0) is 16.4. The molecule has 0 aliphatic carbocycles. The number of furan rings is 1. The molecule has 0 spiro atoms. The summed E-state index contributed by atoms with van der Waals surface area (Å²) in [7, 11) is 3.87. The van der Waals surface area contributed by atoms with Crippen molar-refractivity contribution in [3.8, 4) is 0 Å². The molecule has 7 nitrogen and oxygen atoms in total. The molecule has 1 atom stereocenters. The van der Waals surface area contributed by atoms with E-state index < -0.39 is 6.10 Å². The molecule has 0 saturated carbocycles. The van der Waals surface area contributed by atoms with E-state index in [1.807, 2.05) is 35.8 Å². The minimum absolute atomic E-state index is 0.0695. The fourth-order valence-corrected chi connectivity index (χ4v) is 2.89. The summed E-state index contributed by atoms with van der Waals surface area (Å²) in [6.45, 7) is 3.67. The number of rotatable bonds is 6. The third-order valence-corrected chi connectivity index (χ3v) is 4.03. The molecule has 23 heavy (non-hydrogen) atoms. The fraction of sp³-hybridized carbons (Fsp3) is 0.562. The van der Waals surface area contributed by atoms with Crippen LogP contribution < -0.4 is 0 Å². The number of aliphatic hydroxyl groups excluding tert-OH is 2. The predicted octanol–water partition coefficient (Wildman–Crippen LogP) is 0.579. The summed E-state index contributed by atoms with van der Waals surface area (Å²) in [5, 5.41) is 23.8. The van der Waals surface area contributed by atoms with E-state index in [9.17, 15) is 5.11 Å². The average molecular weight is 320 g/mol. The summed E-state index contributed by atoms with van der Waals surface area (Å²) in [5.74, 6) is 1.45. The second-order valence-electron chi connectivity index (χ2n) is 6.30. The van der Waals surface area contributed by atoms with E-state index in [1.165, 1.54) is 0 Å².